The molecule has 0 radical (unpaired) electrons. The van der Waals surface area contributed by atoms with Crippen LogP contribution in [0.3, 0.4) is 0 Å². The first-order valence-corrected chi connectivity index (χ1v) is 5.74. The molecule has 13 heavy (non-hydrogen) atoms. The van der Waals surface area contributed by atoms with Crippen molar-refractivity contribution in [2.45, 2.75) is 53.1 Å². The third-order valence-electron chi connectivity index (χ3n) is 4.10. The number of rotatable bonds is 2. The summed E-state index contributed by atoms with van der Waals surface area (Å²) in [6, 6.07) is 0. The van der Waals surface area contributed by atoms with Crippen LogP contribution in [0.2, 0.25) is 0 Å². The molecule has 0 aromatic rings. The first-order chi connectivity index (χ1) is 6.06. The van der Waals surface area contributed by atoms with Gasteiger partial charge in [0.15, 0.2) is 0 Å². The Morgan fingerprint density at radius 1 is 1.23 bits per heavy atom. The highest BCUT2D eigenvalue weighted by atomic mass is 16.3. The molecule has 1 nitrogen and oxygen atoms in total. The number of aliphatic hydroxyl groups excluding tert-OH is 1. The number of aliphatic hydroxyl groups is 1. The monoisotopic (exact) mass is 184 g/mol. The van der Waals surface area contributed by atoms with E-state index in [9.17, 15) is 5.11 Å². The Kier molecular flexibility index (Phi) is 3.78. The van der Waals surface area contributed by atoms with Gasteiger partial charge in [-0.3, -0.25) is 0 Å². The van der Waals surface area contributed by atoms with E-state index >= 15 is 0 Å². The van der Waals surface area contributed by atoms with E-state index in [2.05, 4.69) is 27.7 Å². The van der Waals surface area contributed by atoms with Crippen LogP contribution in [-0.4, -0.2) is 11.2 Å². The second-order valence-electron chi connectivity index (χ2n) is 5.04. The minimum atomic E-state index is -0.0406. The molecule has 1 saturated carbocycles. The zero-order valence-corrected chi connectivity index (χ0v) is 9.46. The van der Waals surface area contributed by atoms with Gasteiger partial charge in [-0.15, -0.1) is 0 Å². The van der Waals surface area contributed by atoms with Gasteiger partial charge >= 0.3 is 0 Å². The standard InChI is InChI=1S/C12H24O/c1-5-8(2)11-6-9(3)10(4)7-12(11)13/h8-13H,5-7H2,1-4H3. The molecule has 0 amide bonds. The lowest BCUT2D eigenvalue weighted by Crippen LogP contribution is -2.36. The van der Waals surface area contributed by atoms with Crippen molar-refractivity contribution in [3.8, 4) is 0 Å². The molecular weight excluding hydrogens is 160 g/mol. The minimum absolute atomic E-state index is 0.0406. The summed E-state index contributed by atoms with van der Waals surface area (Å²) in [5, 5.41) is 9.96. The van der Waals surface area contributed by atoms with Gasteiger partial charge in [-0.1, -0.05) is 34.1 Å². The lowest BCUT2D eigenvalue weighted by atomic mass is 9.69. The van der Waals surface area contributed by atoms with Gasteiger partial charge in [-0.25, -0.2) is 0 Å². The van der Waals surface area contributed by atoms with Crippen LogP contribution in [0.5, 0.6) is 0 Å². The molecule has 1 aliphatic carbocycles. The average Bonchev–Trinajstić information content (AvgIpc) is 2.10. The van der Waals surface area contributed by atoms with Crippen molar-refractivity contribution in [3.05, 3.63) is 0 Å². The van der Waals surface area contributed by atoms with Crippen LogP contribution in [0.4, 0.5) is 0 Å². The SMILES string of the molecule is CCC(C)C1CC(C)C(C)CC1O. The summed E-state index contributed by atoms with van der Waals surface area (Å²) < 4.78 is 0. The van der Waals surface area contributed by atoms with E-state index in [4.69, 9.17) is 0 Å². The normalized spacial score (nSPS) is 43.2. The fraction of sp³-hybridized carbons (Fsp3) is 1.00. The van der Waals surface area contributed by atoms with Crippen LogP contribution in [0, 0.1) is 23.7 Å². The Morgan fingerprint density at radius 2 is 1.77 bits per heavy atom. The molecule has 1 rings (SSSR count). The second-order valence-corrected chi connectivity index (χ2v) is 5.04. The zero-order valence-electron chi connectivity index (χ0n) is 9.46. The Hall–Kier alpha value is -0.0400. The van der Waals surface area contributed by atoms with Gasteiger partial charge in [0.2, 0.25) is 0 Å². The molecule has 5 unspecified atom stereocenters. The average molecular weight is 184 g/mol. The molecule has 5 atom stereocenters. The van der Waals surface area contributed by atoms with Crippen molar-refractivity contribution in [3.63, 3.8) is 0 Å². The third-order valence-corrected chi connectivity index (χ3v) is 4.10. The van der Waals surface area contributed by atoms with Gasteiger partial charge in [0.1, 0.15) is 0 Å². The van der Waals surface area contributed by atoms with E-state index < -0.39 is 0 Å². The van der Waals surface area contributed by atoms with Crippen molar-refractivity contribution in [1.29, 1.82) is 0 Å². The number of hydrogen-bond donors (Lipinski definition) is 1. The van der Waals surface area contributed by atoms with Crippen LogP contribution in [0.1, 0.15) is 47.0 Å². The quantitative estimate of drug-likeness (QED) is 0.699. The molecule has 0 heterocycles. The van der Waals surface area contributed by atoms with E-state index in [-0.39, 0.29) is 6.10 Å². The van der Waals surface area contributed by atoms with Gasteiger partial charge in [0.25, 0.3) is 0 Å². The van der Waals surface area contributed by atoms with Gasteiger partial charge < -0.3 is 5.11 Å². The van der Waals surface area contributed by atoms with Crippen molar-refractivity contribution in [2.75, 3.05) is 0 Å². The maximum absolute atomic E-state index is 9.96. The maximum atomic E-state index is 9.96. The van der Waals surface area contributed by atoms with Gasteiger partial charge in [-0.2, -0.15) is 0 Å². The summed E-state index contributed by atoms with van der Waals surface area (Å²) in [6.07, 6.45) is 3.39. The summed E-state index contributed by atoms with van der Waals surface area (Å²) >= 11 is 0. The van der Waals surface area contributed by atoms with E-state index in [1.807, 2.05) is 0 Å². The summed E-state index contributed by atoms with van der Waals surface area (Å²) in [6.45, 7) is 9.09. The van der Waals surface area contributed by atoms with Gasteiger partial charge in [0.05, 0.1) is 6.10 Å². The van der Waals surface area contributed by atoms with Crippen molar-refractivity contribution in [2.24, 2.45) is 23.7 Å². The van der Waals surface area contributed by atoms with Gasteiger partial charge in [-0.05, 0) is 36.5 Å². The Labute approximate surface area is 82.5 Å². The molecule has 0 aromatic heterocycles. The first kappa shape index (κ1) is 11.0. The summed E-state index contributed by atoms with van der Waals surface area (Å²) in [7, 11) is 0. The van der Waals surface area contributed by atoms with Crippen LogP contribution >= 0.6 is 0 Å². The molecule has 0 saturated heterocycles. The minimum Gasteiger partial charge on any atom is -0.393 e. The molecule has 1 fully saturated rings. The van der Waals surface area contributed by atoms with Crippen LogP contribution in [0.15, 0.2) is 0 Å². The molecule has 1 N–H and O–H groups in total. The van der Waals surface area contributed by atoms with E-state index in [0.29, 0.717) is 17.8 Å². The Bertz CT molecular complexity index is 155. The third kappa shape index (κ3) is 2.46. The molecule has 0 aliphatic heterocycles. The van der Waals surface area contributed by atoms with E-state index in [1.165, 1.54) is 12.8 Å². The molecule has 78 valence electrons. The smallest absolute Gasteiger partial charge is 0.0573 e. The fourth-order valence-electron chi connectivity index (χ4n) is 2.52. The Morgan fingerprint density at radius 3 is 2.31 bits per heavy atom. The molecule has 1 heteroatoms. The summed E-state index contributed by atoms with van der Waals surface area (Å²) in [4.78, 5) is 0. The highest BCUT2D eigenvalue weighted by Gasteiger charge is 2.33. The van der Waals surface area contributed by atoms with Crippen LogP contribution < -0.4 is 0 Å². The predicted octanol–water partition coefficient (Wildman–Crippen LogP) is 3.08. The summed E-state index contributed by atoms with van der Waals surface area (Å²) in [5.74, 6) is 2.74. The first-order valence-electron chi connectivity index (χ1n) is 5.74. The fourth-order valence-corrected chi connectivity index (χ4v) is 2.52. The predicted molar refractivity (Wildman–Crippen MR) is 56.5 cm³/mol. The highest BCUT2D eigenvalue weighted by molar-refractivity contribution is 4.84. The maximum Gasteiger partial charge on any atom is 0.0573 e. The van der Waals surface area contributed by atoms with Crippen molar-refractivity contribution < 1.29 is 5.11 Å². The van der Waals surface area contributed by atoms with Crippen molar-refractivity contribution >= 4 is 0 Å². The van der Waals surface area contributed by atoms with Crippen molar-refractivity contribution in [1.82, 2.24) is 0 Å². The van der Waals surface area contributed by atoms with Gasteiger partial charge in [0, 0.05) is 0 Å². The van der Waals surface area contributed by atoms with Crippen LogP contribution in [-0.2, 0) is 0 Å². The largest absolute Gasteiger partial charge is 0.393 e. The second kappa shape index (κ2) is 4.45. The lowest BCUT2D eigenvalue weighted by molar-refractivity contribution is -0.000690. The van der Waals surface area contributed by atoms with E-state index in [1.54, 1.807) is 0 Å². The Balaban J connectivity index is 2.55. The molecule has 0 aromatic carbocycles. The molecule has 0 bridgehead atoms. The highest BCUT2D eigenvalue weighted by Crippen LogP contribution is 2.38. The zero-order chi connectivity index (χ0) is 10.0. The topological polar surface area (TPSA) is 20.2 Å². The molecular formula is C12H24O. The molecule has 1 aliphatic rings. The van der Waals surface area contributed by atoms with E-state index in [0.717, 1.165) is 12.3 Å². The number of hydrogen-bond acceptors (Lipinski definition) is 1. The van der Waals surface area contributed by atoms with Crippen LogP contribution in [0.25, 0.3) is 0 Å². The molecule has 0 spiro atoms. The summed E-state index contributed by atoms with van der Waals surface area (Å²) in [5.41, 5.74) is 0. The lowest BCUT2D eigenvalue weighted by Gasteiger charge is -2.39.